The van der Waals surface area contributed by atoms with Crippen molar-refractivity contribution >= 4 is 71.9 Å². The van der Waals surface area contributed by atoms with Gasteiger partial charge in [-0.05, 0) is 71.5 Å². The van der Waals surface area contributed by atoms with Crippen molar-refractivity contribution in [3.8, 4) is 22.3 Å². The van der Waals surface area contributed by atoms with E-state index < -0.39 is 0 Å². The summed E-state index contributed by atoms with van der Waals surface area (Å²) >= 11 is 8.07. The molecule has 0 N–H and O–H groups in total. The highest BCUT2D eigenvalue weighted by atomic mass is 32.2. The van der Waals surface area contributed by atoms with Crippen molar-refractivity contribution in [2.75, 3.05) is 26.2 Å². The number of benzene rings is 6. The zero-order valence-corrected chi connectivity index (χ0v) is 35.9. The van der Waals surface area contributed by atoms with Crippen LogP contribution in [0.2, 0.25) is 0 Å². The number of thioether (sulfide) groups is 4. The normalized spacial score (nSPS) is 18.5. The van der Waals surface area contributed by atoms with Crippen molar-refractivity contribution in [2.45, 2.75) is 54.9 Å². The van der Waals surface area contributed by atoms with Gasteiger partial charge in [-0.25, -0.2) is 0 Å². The van der Waals surface area contributed by atoms with Gasteiger partial charge in [0.05, 0.1) is 35.1 Å². The predicted octanol–water partition coefficient (Wildman–Crippen LogP) is 10.9. The summed E-state index contributed by atoms with van der Waals surface area (Å²) in [5.74, 6) is 0. The minimum Gasteiger partial charge on any atom is -0.152 e. The van der Waals surface area contributed by atoms with Gasteiger partial charge in [-0.3, -0.25) is 0 Å². The molecule has 0 atom stereocenters. The van der Waals surface area contributed by atoms with Crippen LogP contribution in [-0.4, -0.2) is 78.0 Å². The van der Waals surface area contributed by atoms with E-state index in [1.165, 1.54) is 81.6 Å². The highest BCUT2D eigenvalue weighted by molar-refractivity contribution is 8.18. The van der Waals surface area contributed by atoms with E-state index in [0.717, 1.165) is 32.6 Å². The molecule has 8 heteroatoms. The van der Waals surface area contributed by atoms with Gasteiger partial charge < -0.3 is 0 Å². The molecule has 0 aliphatic carbocycles. The van der Waals surface area contributed by atoms with Gasteiger partial charge in [0.2, 0.25) is 0 Å². The Kier molecular flexibility index (Phi) is 9.18. The van der Waals surface area contributed by atoms with Gasteiger partial charge in [-0.15, -0.1) is 0 Å². The predicted molar refractivity (Wildman–Crippen MR) is 245 cm³/mol. The van der Waals surface area contributed by atoms with Crippen LogP contribution < -0.4 is 0 Å². The number of nitrogens with zero attached hydrogens (tertiary/aromatic N) is 4. The molecule has 0 radical (unpaired) electrons. The van der Waals surface area contributed by atoms with Crippen LogP contribution in [0.1, 0.15) is 46.2 Å². The lowest BCUT2D eigenvalue weighted by Crippen LogP contribution is -2.55. The minimum atomic E-state index is -0.214. The van der Waals surface area contributed by atoms with Crippen LogP contribution >= 0.6 is 47.0 Å². The van der Waals surface area contributed by atoms with Crippen molar-refractivity contribution in [3.05, 3.63) is 167 Å². The number of hydrogen-bond donors (Lipinski definition) is 0. The lowest BCUT2D eigenvalue weighted by molar-refractivity contribution is -0.784. The first-order valence-corrected chi connectivity index (χ1v) is 23.5. The molecule has 12 rings (SSSR count). The highest BCUT2D eigenvalue weighted by Gasteiger charge is 2.62. The molecule has 58 heavy (non-hydrogen) atoms. The second-order valence-corrected chi connectivity index (χ2v) is 20.9. The Labute approximate surface area is 358 Å². The molecule has 6 aliphatic heterocycles. The SMILES string of the molecule is C1=[N+]2CCC[N+]3=Cc4cccc(-c5ccccc5)c4SC23Sc2c1cccc2-c1ccccc1.Cc1cccc2c1SC13Sc4c(C)cccc4C=[N+]1CCC[N+]3=C2. The Bertz CT molecular complexity index is 2580. The lowest BCUT2D eigenvalue weighted by atomic mass is 10.0. The summed E-state index contributed by atoms with van der Waals surface area (Å²) in [6.07, 6.45) is 11.9. The second-order valence-electron chi connectivity index (χ2n) is 15.7. The van der Waals surface area contributed by atoms with Crippen molar-refractivity contribution in [1.29, 1.82) is 0 Å². The summed E-state index contributed by atoms with van der Waals surface area (Å²) in [5.41, 5.74) is 13.3. The monoisotopic (exact) mass is 828 g/mol. The van der Waals surface area contributed by atoms with E-state index in [9.17, 15) is 0 Å². The molecule has 0 saturated carbocycles. The van der Waals surface area contributed by atoms with E-state index in [2.05, 4.69) is 190 Å². The summed E-state index contributed by atoms with van der Waals surface area (Å²) in [7, 11) is 0. The quantitative estimate of drug-likeness (QED) is 0.161. The first-order chi connectivity index (χ1) is 28.5. The van der Waals surface area contributed by atoms with Gasteiger partial charge in [0.25, 0.3) is 0 Å². The number of hydrogen-bond acceptors (Lipinski definition) is 4. The Balaban J connectivity index is 0.000000141. The largest absolute Gasteiger partial charge is 0.460 e. The van der Waals surface area contributed by atoms with Crippen LogP contribution in [0.4, 0.5) is 0 Å². The van der Waals surface area contributed by atoms with Gasteiger partial charge >= 0.3 is 8.65 Å². The van der Waals surface area contributed by atoms with Gasteiger partial charge in [0, 0.05) is 66.6 Å². The molecule has 4 nitrogen and oxygen atoms in total. The fraction of sp³-hybridized carbons (Fsp3) is 0.200. The van der Waals surface area contributed by atoms with E-state index in [1.807, 2.05) is 47.0 Å². The van der Waals surface area contributed by atoms with Crippen LogP contribution in [0.5, 0.6) is 0 Å². The molecule has 0 bridgehead atoms. The van der Waals surface area contributed by atoms with Crippen LogP contribution in [0, 0.1) is 13.8 Å². The fourth-order valence-electron chi connectivity index (χ4n) is 9.08. The van der Waals surface area contributed by atoms with Crippen molar-refractivity contribution < 1.29 is 18.3 Å². The van der Waals surface area contributed by atoms with Crippen molar-refractivity contribution in [2.24, 2.45) is 0 Å². The smallest absolute Gasteiger partial charge is 0.152 e. The van der Waals surface area contributed by atoms with Crippen molar-refractivity contribution in [1.82, 2.24) is 0 Å². The van der Waals surface area contributed by atoms with Crippen LogP contribution in [0.15, 0.2) is 153 Å². The maximum atomic E-state index is 2.57. The van der Waals surface area contributed by atoms with Gasteiger partial charge in [0.15, 0.2) is 51.0 Å². The van der Waals surface area contributed by atoms with Crippen molar-refractivity contribution in [3.63, 3.8) is 0 Å². The summed E-state index contributed by atoms with van der Waals surface area (Å²) in [6, 6.07) is 48.4. The third-order valence-electron chi connectivity index (χ3n) is 11.9. The van der Waals surface area contributed by atoms with Gasteiger partial charge in [-0.1, -0.05) is 109 Å². The summed E-state index contributed by atoms with van der Waals surface area (Å²) < 4.78 is 9.97. The molecule has 2 spiro atoms. The third kappa shape index (κ3) is 6.01. The van der Waals surface area contributed by atoms with E-state index in [4.69, 9.17) is 0 Å². The molecule has 6 aliphatic rings. The molecule has 2 fully saturated rings. The fourth-order valence-corrected chi connectivity index (χ4v) is 15.6. The maximum Gasteiger partial charge on any atom is 0.460 e. The standard InChI is InChI=1S/C30H24N2S2.C20H20N2S2/c1-3-10-22(11-4-1)26-16-7-14-24-20-31-18-9-19-32-21-25-15-8-17-27(23-12-5-2-6-13-23)29(25)34-30(31,32)33-28(24)26;1-14-6-3-8-16-12-21-10-5-11-22-13-17-9-4-7-15(2)19(17)24-20(21,22)23-18(14)16/h1-8,10-17,20-21H,9,18-19H2;3-4,6-9,12-13H,5,10-11H2,1-2H3/q2*+2. The molecular weight excluding hydrogens is 785 g/mol. The van der Waals surface area contributed by atoms with E-state index in [0.29, 0.717) is 0 Å². The first-order valence-electron chi connectivity index (χ1n) is 20.3. The van der Waals surface area contributed by atoms with Gasteiger partial charge in [0.1, 0.15) is 0 Å². The average Bonchev–Trinajstić information content (AvgIpc) is 3.26. The maximum absolute atomic E-state index is 2.57. The Hall–Kier alpha value is -4.60. The lowest BCUT2D eigenvalue weighted by Gasteiger charge is -2.35. The molecule has 0 aromatic heterocycles. The molecule has 284 valence electrons. The topological polar surface area (TPSA) is 12.0 Å². The molecule has 6 aromatic carbocycles. The van der Waals surface area contributed by atoms with E-state index in [-0.39, 0.29) is 8.65 Å². The Morgan fingerprint density at radius 3 is 1.07 bits per heavy atom. The van der Waals surface area contributed by atoms with Crippen LogP contribution in [0.3, 0.4) is 0 Å². The molecule has 6 aromatic rings. The molecule has 2 saturated heterocycles. The Morgan fingerprint density at radius 1 is 0.362 bits per heavy atom. The number of fused-ring (bicyclic) bond motifs is 4. The molecular formula is C50H44N4S4+4. The summed E-state index contributed by atoms with van der Waals surface area (Å²) in [5, 5.41) is 0. The molecule has 0 unspecified atom stereocenters. The van der Waals surface area contributed by atoms with Gasteiger partial charge in [-0.2, -0.15) is 18.3 Å². The minimum absolute atomic E-state index is 0.0729. The highest BCUT2D eigenvalue weighted by Crippen LogP contribution is 2.57. The van der Waals surface area contributed by atoms with Crippen LogP contribution in [0.25, 0.3) is 22.3 Å². The summed E-state index contributed by atoms with van der Waals surface area (Å²) in [6.45, 7) is 8.85. The first kappa shape index (κ1) is 36.5. The second kappa shape index (κ2) is 14.6. The zero-order valence-electron chi connectivity index (χ0n) is 32.7. The van der Waals surface area contributed by atoms with Crippen LogP contribution in [-0.2, 0) is 0 Å². The Morgan fingerprint density at radius 2 is 0.690 bits per heavy atom. The number of aryl methyl sites for hydroxylation is 2. The zero-order chi connectivity index (χ0) is 38.8. The van der Waals surface area contributed by atoms with E-state index in [1.54, 1.807) is 0 Å². The third-order valence-corrected chi connectivity index (χ3v) is 18.7. The average molecular weight is 829 g/mol. The van der Waals surface area contributed by atoms with E-state index >= 15 is 0 Å². The number of rotatable bonds is 2. The molecule has 6 heterocycles. The summed E-state index contributed by atoms with van der Waals surface area (Å²) in [4.78, 5) is 5.61. The molecule has 0 amide bonds.